The molecule has 0 unspecified atom stereocenters. The molecule has 2 aliphatic heterocycles. The first-order valence-electron chi connectivity index (χ1n) is 11.1. The van der Waals surface area contributed by atoms with Gasteiger partial charge >= 0.3 is 0 Å². The molecule has 2 aliphatic rings. The van der Waals surface area contributed by atoms with E-state index in [-0.39, 0.29) is 24.0 Å². The number of hydrogen-bond donors (Lipinski definition) is 2. The van der Waals surface area contributed by atoms with Crippen LogP contribution in [0.4, 0.5) is 5.00 Å². The van der Waals surface area contributed by atoms with Crippen LogP contribution in [0.25, 0.3) is 0 Å². The average molecular weight is 544 g/mol. The molecule has 2 N–H and O–H groups in total. The first-order chi connectivity index (χ1) is 14.3. The first-order valence-corrected chi connectivity index (χ1v) is 12.0. The molecule has 0 saturated carbocycles. The molecule has 166 valence electrons. The number of piperidine rings is 1. The third-order valence-electron chi connectivity index (χ3n) is 5.79. The van der Waals surface area contributed by atoms with Gasteiger partial charge in [0.05, 0.1) is 5.00 Å². The molecule has 0 spiro atoms. The summed E-state index contributed by atoms with van der Waals surface area (Å²) in [7, 11) is 0. The fourth-order valence-corrected chi connectivity index (χ4v) is 4.99. The van der Waals surface area contributed by atoms with Crippen LogP contribution in [-0.4, -0.2) is 52.9 Å². The molecule has 1 fully saturated rings. The van der Waals surface area contributed by atoms with E-state index < -0.39 is 0 Å². The Kier molecular flexibility index (Phi) is 9.23. The van der Waals surface area contributed by atoms with Gasteiger partial charge in [-0.2, -0.15) is 0 Å². The number of aryl methyl sites for hydroxylation is 1. The molecule has 1 saturated heterocycles. The van der Waals surface area contributed by atoms with E-state index in [9.17, 15) is 0 Å². The van der Waals surface area contributed by atoms with Crippen LogP contribution in [0, 0.1) is 0 Å². The molecule has 2 aromatic rings. The number of anilines is 1. The highest BCUT2D eigenvalue weighted by atomic mass is 127. The quantitative estimate of drug-likeness (QED) is 0.332. The summed E-state index contributed by atoms with van der Waals surface area (Å²) in [5.74, 6) is 3.17. The number of aliphatic imine (C=N–C) groups is 1. The highest BCUT2D eigenvalue weighted by Crippen LogP contribution is 2.24. The standard InChI is InChI=1S/C21H33N7S.HI/c1-2-22-21(24-17-10-14-27(15-11-17)20-8-6-16-29-20)23-12-9-19-26-25-18-7-4-3-5-13-28(18)19;/h6,8,16-17H,2-5,7,9-15H2,1H3,(H2,22,23,24);1H. The Morgan fingerprint density at radius 1 is 1.20 bits per heavy atom. The van der Waals surface area contributed by atoms with Crippen LogP contribution in [0.2, 0.25) is 0 Å². The minimum absolute atomic E-state index is 0. The van der Waals surface area contributed by atoms with E-state index in [0.29, 0.717) is 6.04 Å². The van der Waals surface area contributed by atoms with Crippen LogP contribution < -0.4 is 15.5 Å². The van der Waals surface area contributed by atoms with Crippen LogP contribution in [0.5, 0.6) is 0 Å². The number of halogens is 1. The van der Waals surface area contributed by atoms with Crippen LogP contribution in [0.1, 0.15) is 50.7 Å². The molecule has 9 heteroatoms. The van der Waals surface area contributed by atoms with Crippen LogP contribution >= 0.6 is 35.3 Å². The molecule has 4 heterocycles. The number of thiophene rings is 1. The second kappa shape index (κ2) is 11.9. The zero-order chi connectivity index (χ0) is 19.9. The topological polar surface area (TPSA) is 70.4 Å². The minimum Gasteiger partial charge on any atom is -0.363 e. The van der Waals surface area contributed by atoms with E-state index in [2.05, 4.69) is 54.7 Å². The van der Waals surface area contributed by atoms with E-state index in [1.807, 2.05) is 11.3 Å². The van der Waals surface area contributed by atoms with Crippen molar-refractivity contribution in [1.29, 1.82) is 0 Å². The van der Waals surface area contributed by atoms with E-state index in [1.165, 1.54) is 24.3 Å². The average Bonchev–Trinajstić information content (AvgIpc) is 3.34. The van der Waals surface area contributed by atoms with Gasteiger partial charge in [-0.1, -0.05) is 6.42 Å². The van der Waals surface area contributed by atoms with Gasteiger partial charge in [0, 0.05) is 51.6 Å². The molecule has 0 aromatic carbocycles. The van der Waals surface area contributed by atoms with Gasteiger partial charge < -0.3 is 20.1 Å². The van der Waals surface area contributed by atoms with Crippen LogP contribution in [0.15, 0.2) is 22.5 Å². The van der Waals surface area contributed by atoms with Crippen molar-refractivity contribution in [3.8, 4) is 0 Å². The van der Waals surface area contributed by atoms with E-state index in [4.69, 9.17) is 4.99 Å². The second-order valence-corrected chi connectivity index (χ2v) is 8.79. The lowest BCUT2D eigenvalue weighted by Gasteiger charge is -2.33. The fraction of sp³-hybridized carbons (Fsp3) is 0.667. The Morgan fingerprint density at radius 3 is 2.83 bits per heavy atom. The molecule has 0 amide bonds. The van der Waals surface area contributed by atoms with Gasteiger partial charge in [-0.05, 0) is 50.1 Å². The predicted molar refractivity (Wildman–Crippen MR) is 135 cm³/mol. The smallest absolute Gasteiger partial charge is 0.191 e. The number of nitrogens with zero attached hydrogens (tertiary/aromatic N) is 5. The molecular formula is C21H34IN7S. The summed E-state index contributed by atoms with van der Waals surface area (Å²) in [6.07, 6.45) is 7.94. The summed E-state index contributed by atoms with van der Waals surface area (Å²) in [4.78, 5) is 7.32. The summed E-state index contributed by atoms with van der Waals surface area (Å²) in [5, 5.41) is 19.4. The van der Waals surface area contributed by atoms with Crippen molar-refractivity contribution in [1.82, 2.24) is 25.4 Å². The second-order valence-electron chi connectivity index (χ2n) is 7.86. The van der Waals surface area contributed by atoms with Crippen molar-refractivity contribution in [2.75, 3.05) is 31.1 Å². The Balaban J connectivity index is 0.00000256. The molecule has 0 radical (unpaired) electrons. The van der Waals surface area contributed by atoms with Crippen molar-refractivity contribution in [3.05, 3.63) is 29.2 Å². The molecule has 0 aliphatic carbocycles. The highest BCUT2D eigenvalue weighted by Gasteiger charge is 2.21. The molecular weight excluding hydrogens is 509 g/mol. The van der Waals surface area contributed by atoms with Gasteiger partial charge in [-0.15, -0.1) is 45.5 Å². The summed E-state index contributed by atoms with van der Waals surface area (Å²) in [5.41, 5.74) is 0. The van der Waals surface area contributed by atoms with Gasteiger partial charge in [0.25, 0.3) is 0 Å². The zero-order valence-electron chi connectivity index (χ0n) is 17.8. The third-order valence-corrected chi connectivity index (χ3v) is 6.72. The lowest BCUT2D eigenvalue weighted by atomic mass is 10.1. The van der Waals surface area contributed by atoms with Crippen molar-refractivity contribution < 1.29 is 0 Å². The largest absolute Gasteiger partial charge is 0.363 e. The minimum atomic E-state index is 0. The summed E-state index contributed by atoms with van der Waals surface area (Å²) in [6, 6.07) is 4.83. The number of nitrogens with one attached hydrogen (secondary N) is 2. The van der Waals surface area contributed by atoms with Crippen molar-refractivity contribution in [2.45, 2.75) is 64.5 Å². The highest BCUT2D eigenvalue weighted by molar-refractivity contribution is 14.0. The third kappa shape index (κ3) is 6.09. The molecule has 4 rings (SSSR count). The molecule has 30 heavy (non-hydrogen) atoms. The summed E-state index contributed by atoms with van der Waals surface area (Å²) in [6.45, 7) is 6.99. The summed E-state index contributed by atoms with van der Waals surface area (Å²) >= 11 is 1.83. The lowest BCUT2D eigenvalue weighted by molar-refractivity contribution is 0.463. The van der Waals surface area contributed by atoms with Gasteiger partial charge in [-0.3, -0.25) is 4.99 Å². The maximum Gasteiger partial charge on any atom is 0.191 e. The maximum atomic E-state index is 4.83. The normalized spacial score (nSPS) is 17.8. The Morgan fingerprint density at radius 2 is 2.07 bits per heavy atom. The van der Waals surface area contributed by atoms with Crippen LogP contribution in [-0.2, 0) is 19.4 Å². The maximum absolute atomic E-state index is 4.83. The molecule has 2 aromatic heterocycles. The van der Waals surface area contributed by atoms with E-state index >= 15 is 0 Å². The van der Waals surface area contributed by atoms with Gasteiger partial charge in [-0.25, -0.2) is 0 Å². The number of guanidine groups is 1. The molecule has 0 atom stereocenters. The monoisotopic (exact) mass is 543 g/mol. The fourth-order valence-electron chi connectivity index (χ4n) is 4.21. The Bertz CT molecular complexity index is 781. The van der Waals surface area contributed by atoms with Gasteiger partial charge in [0.15, 0.2) is 5.96 Å². The van der Waals surface area contributed by atoms with Crippen molar-refractivity contribution in [2.24, 2.45) is 4.99 Å². The van der Waals surface area contributed by atoms with Gasteiger partial charge in [0.1, 0.15) is 11.6 Å². The molecule has 7 nitrogen and oxygen atoms in total. The van der Waals surface area contributed by atoms with Crippen LogP contribution in [0.3, 0.4) is 0 Å². The van der Waals surface area contributed by atoms with E-state index in [0.717, 1.165) is 76.0 Å². The van der Waals surface area contributed by atoms with E-state index in [1.54, 1.807) is 0 Å². The number of fused-ring (bicyclic) bond motifs is 1. The SMILES string of the molecule is CCNC(=NCCc1nnc2n1CCCCC2)NC1CCN(c2cccs2)CC1.I. The molecule has 0 bridgehead atoms. The summed E-state index contributed by atoms with van der Waals surface area (Å²) < 4.78 is 2.32. The number of aromatic nitrogens is 3. The van der Waals surface area contributed by atoms with Gasteiger partial charge in [0.2, 0.25) is 0 Å². The number of hydrogen-bond acceptors (Lipinski definition) is 5. The zero-order valence-corrected chi connectivity index (χ0v) is 21.0. The Labute approximate surface area is 200 Å². The first kappa shape index (κ1) is 23.3. The lowest BCUT2D eigenvalue weighted by Crippen LogP contribution is -2.48. The van der Waals surface area contributed by atoms with Crippen molar-refractivity contribution in [3.63, 3.8) is 0 Å². The van der Waals surface area contributed by atoms with Crippen molar-refractivity contribution >= 4 is 46.3 Å². The predicted octanol–water partition coefficient (Wildman–Crippen LogP) is 3.45. The Hall–Kier alpha value is -1.36. The number of rotatable bonds is 6.